The summed E-state index contributed by atoms with van der Waals surface area (Å²) in [6.07, 6.45) is 0. The molecule has 0 saturated heterocycles. The van der Waals surface area contributed by atoms with Gasteiger partial charge in [-0.05, 0) is 30.3 Å². The molecule has 1 heterocycles. The van der Waals surface area contributed by atoms with Gasteiger partial charge in [-0.15, -0.1) is 0 Å². The summed E-state index contributed by atoms with van der Waals surface area (Å²) in [5.41, 5.74) is 3.53. The number of nitrogens with zero attached hydrogens (tertiary/aromatic N) is 2. The first-order valence-electron chi connectivity index (χ1n) is 5.35. The molecule has 0 unspecified atom stereocenters. The van der Waals surface area contributed by atoms with E-state index in [4.69, 9.17) is 0 Å². The summed E-state index contributed by atoms with van der Waals surface area (Å²) < 4.78 is 0. The van der Waals surface area contributed by atoms with Crippen LogP contribution in [0.2, 0.25) is 0 Å². The number of anilines is 1. The van der Waals surface area contributed by atoms with Crippen LogP contribution in [0.3, 0.4) is 0 Å². The maximum Gasteiger partial charge on any atom is 0.321 e. The Bertz CT molecular complexity index is 415. The Morgan fingerprint density at radius 1 is 1.31 bits per heavy atom. The molecule has 0 atom stereocenters. The highest BCUT2D eigenvalue weighted by atomic mass is 16.2. The molecule has 1 aliphatic rings. The summed E-state index contributed by atoms with van der Waals surface area (Å²) in [4.78, 5) is 15.3. The molecule has 1 aromatic rings. The van der Waals surface area contributed by atoms with Gasteiger partial charge in [0, 0.05) is 32.9 Å². The van der Waals surface area contributed by atoms with Gasteiger partial charge in [-0.3, -0.25) is 4.90 Å². The predicted octanol–water partition coefficient (Wildman–Crippen LogP) is 1.73. The van der Waals surface area contributed by atoms with Crippen LogP contribution in [0.4, 0.5) is 10.5 Å². The van der Waals surface area contributed by atoms with Crippen molar-refractivity contribution < 1.29 is 4.79 Å². The lowest BCUT2D eigenvalue weighted by Crippen LogP contribution is -2.27. The average molecular weight is 219 g/mol. The Labute approximate surface area is 95.8 Å². The second-order valence-corrected chi connectivity index (χ2v) is 4.48. The maximum absolute atomic E-state index is 11.5. The topological polar surface area (TPSA) is 35.6 Å². The third-order valence-corrected chi connectivity index (χ3v) is 2.74. The Morgan fingerprint density at radius 3 is 2.69 bits per heavy atom. The van der Waals surface area contributed by atoms with Gasteiger partial charge in [0.25, 0.3) is 0 Å². The van der Waals surface area contributed by atoms with Crippen molar-refractivity contribution in [3.05, 3.63) is 29.3 Å². The highest BCUT2D eigenvalue weighted by molar-refractivity contribution is 5.89. The van der Waals surface area contributed by atoms with E-state index in [1.54, 1.807) is 14.1 Å². The van der Waals surface area contributed by atoms with Crippen LogP contribution in [-0.4, -0.2) is 37.0 Å². The molecule has 0 radical (unpaired) electrons. The van der Waals surface area contributed by atoms with Gasteiger partial charge in [-0.2, -0.15) is 0 Å². The van der Waals surface area contributed by atoms with Crippen LogP contribution in [0.1, 0.15) is 11.1 Å². The highest BCUT2D eigenvalue weighted by Gasteiger charge is 2.15. The van der Waals surface area contributed by atoms with E-state index in [-0.39, 0.29) is 6.03 Å². The highest BCUT2D eigenvalue weighted by Crippen LogP contribution is 2.24. The Kier molecular flexibility index (Phi) is 2.83. The van der Waals surface area contributed by atoms with Gasteiger partial charge in [-0.1, -0.05) is 6.07 Å². The second-order valence-electron chi connectivity index (χ2n) is 4.48. The molecule has 4 heteroatoms. The van der Waals surface area contributed by atoms with Gasteiger partial charge in [0.1, 0.15) is 0 Å². The van der Waals surface area contributed by atoms with Gasteiger partial charge in [-0.25, -0.2) is 4.79 Å². The Balaban J connectivity index is 2.14. The molecule has 0 fully saturated rings. The minimum Gasteiger partial charge on any atom is -0.331 e. The normalized spacial score (nSPS) is 14.7. The molecule has 16 heavy (non-hydrogen) atoms. The van der Waals surface area contributed by atoms with E-state index in [0.29, 0.717) is 0 Å². The van der Waals surface area contributed by atoms with E-state index in [2.05, 4.69) is 29.4 Å². The van der Waals surface area contributed by atoms with Gasteiger partial charge >= 0.3 is 6.03 Å². The van der Waals surface area contributed by atoms with E-state index in [0.717, 1.165) is 18.8 Å². The third kappa shape index (κ3) is 2.17. The van der Waals surface area contributed by atoms with Crippen molar-refractivity contribution in [2.24, 2.45) is 0 Å². The van der Waals surface area contributed by atoms with Crippen molar-refractivity contribution in [2.45, 2.75) is 13.1 Å². The van der Waals surface area contributed by atoms with E-state index in [1.807, 2.05) is 6.07 Å². The maximum atomic E-state index is 11.5. The first-order valence-corrected chi connectivity index (χ1v) is 5.35. The molecule has 2 amide bonds. The Morgan fingerprint density at radius 2 is 2.00 bits per heavy atom. The number of nitrogens with one attached hydrogen (secondary N) is 1. The fourth-order valence-corrected chi connectivity index (χ4v) is 1.88. The number of carbonyl (C=O) groups is 1. The minimum absolute atomic E-state index is 0.0914. The lowest BCUT2D eigenvalue weighted by atomic mass is 10.1. The van der Waals surface area contributed by atoms with Gasteiger partial charge in [0.2, 0.25) is 0 Å². The van der Waals surface area contributed by atoms with Crippen molar-refractivity contribution in [3.63, 3.8) is 0 Å². The number of urea groups is 1. The first-order chi connectivity index (χ1) is 7.56. The molecular weight excluding hydrogens is 202 g/mol. The molecule has 1 aromatic carbocycles. The summed E-state index contributed by atoms with van der Waals surface area (Å²) in [6, 6.07) is 6.01. The van der Waals surface area contributed by atoms with Crippen LogP contribution >= 0.6 is 0 Å². The SMILES string of the molecule is CN1Cc2ccc(NC(=O)N(C)C)cc2C1. The number of hydrogen-bond acceptors (Lipinski definition) is 2. The number of benzene rings is 1. The van der Waals surface area contributed by atoms with Gasteiger partial charge in [0.05, 0.1) is 0 Å². The predicted molar refractivity (Wildman–Crippen MR) is 64.3 cm³/mol. The lowest BCUT2D eigenvalue weighted by Gasteiger charge is -2.12. The van der Waals surface area contributed by atoms with Crippen molar-refractivity contribution in [3.8, 4) is 0 Å². The fraction of sp³-hybridized carbons (Fsp3) is 0.417. The molecule has 0 saturated carbocycles. The standard InChI is InChI=1S/C12H17N3O/c1-14(2)12(16)13-11-5-4-9-7-15(3)8-10(9)6-11/h4-6H,7-8H2,1-3H3,(H,13,16). The van der Waals surface area contributed by atoms with Crippen LogP contribution in [0.15, 0.2) is 18.2 Å². The van der Waals surface area contributed by atoms with E-state index in [1.165, 1.54) is 16.0 Å². The van der Waals surface area contributed by atoms with Crippen LogP contribution in [0.5, 0.6) is 0 Å². The van der Waals surface area contributed by atoms with Crippen molar-refractivity contribution >= 4 is 11.7 Å². The molecular formula is C12H17N3O. The molecule has 0 aliphatic carbocycles. The van der Waals surface area contributed by atoms with Gasteiger partial charge < -0.3 is 10.2 Å². The van der Waals surface area contributed by atoms with E-state index in [9.17, 15) is 4.79 Å². The third-order valence-electron chi connectivity index (χ3n) is 2.74. The molecule has 86 valence electrons. The van der Waals surface area contributed by atoms with Gasteiger partial charge in [0.15, 0.2) is 0 Å². The monoisotopic (exact) mass is 219 g/mol. The number of rotatable bonds is 1. The zero-order valence-electron chi connectivity index (χ0n) is 9.95. The number of amides is 2. The van der Waals surface area contributed by atoms with E-state index < -0.39 is 0 Å². The van der Waals surface area contributed by atoms with Crippen LogP contribution in [0.25, 0.3) is 0 Å². The summed E-state index contributed by atoms with van der Waals surface area (Å²) in [5, 5.41) is 2.85. The summed E-state index contributed by atoms with van der Waals surface area (Å²) in [5.74, 6) is 0. The fourth-order valence-electron chi connectivity index (χ4n) is 1.88. The Hall–Kier alpha value is -1.55. The zero-order chi connectivity index (χ0) is 11.7. The minimum atomic E-state index is -0.0914. The summed E-state index contributed by atoms with van der Waals surface area (Å²) in [6.45, 7) is 1.96. The molecule has 1 aliphatic heterocycles. The molecule has 2 rings (SSSR count). The molecule has 0 spiro atoms. The van der Waals surface area contributed by atoms with Crippen molar-refractivity contribution in [1.82, 2.24) is 9.80 Å². The van der Waals surface area contributed by atoms with Crippen molar-refractivity contribution in [2.75, 3.05) is 26.5 Å². The molecule has 1 N–H and O–H groups in total. The second kappa shape index (κ2) is 4.14. The smallest absolute Gasteiger partial charge is 0.321 e. The van der Waals surface area contributed by atoms with Crippen LogP contribution in [0, 0.1) is 0 Å². The zero-order valence-corrected chi connectivity index (χ0v) is 9.95. The molecule has 0 bridgehead atoms. The number of fused-ring (bicyclic) bond motifs is 1. The quantitative estimate of drug-likeness (QED) is 0.780. The average Bonchev–Trinajstić information content (AvgIpc) is 2.57. The van der Waals surface area contributed by atoms with Crippen LogP contribution in [-0.2, 0) is 13.1 Å². The summed E-state index contributed by atoms with van der Waals surface area (Å²) in [7, 11) is 5.56. The summed E-state index contributed by atoms with van der Waals surface area (Å²) >= 11 is 0. The van der Waals surface area contributed by atoms with Crippen LogP contribution < -0.4 is 5.32 Å². The molecule has 4 nitrogen and oxygen atoms in total. The number of hydrogen-bond donors (Lipinski definition) is 1. The molecule has 0 aromatic heterocycles. The lowest BCUT2D eigenvalue weighted by molar-refractivity contribution is 0.230. The first kappa shape index (κ1) is 11.0. The van der Waals surface area contributed by atoms with Crippen molar-refractivity contribution in [1.29, 1.82) is 0 Å². The largest absolute Gasteiger partial charge is 0.331 e. The number of carbonyl (C=O) groups excluding carboxylic acids is 1. The van der Waals surface area contributed by atoms with E-state index >= 15 is 0 Å².